The molecular formula is C27H27F6IO6. The molecule has 1 aliphatic rings. The third kappa shape index (κ3) is 12.2. The van der Waals surface area contributed by atoms with Gasteiger partial charge in [0.25, 0.3) is 0 Å². The Bertz CT molecular complexity index is 1180. The Morgan fingerprint density at radius 3 is 2.48 bits per heavy atom. The van der Waals surface area contributed by atoms with Crippen molar-refractivity contribution in [2.45, 2.75) is 50.7 Å². The van der Waals surface area contributed by atoms with Crippen LogP contribution in [0.25, 0.3) is 0 Å². The Morgan fingerprint density at radius 1 is 1.18 bits per heavy atom. The number of carboxylic acids is 1. The van der Waals surface area contributed by atoms with Gasteiger partial charge in [0.15, 0.2) is 18.3 Å². The molecule has 2 rings (SSSR count). The maximum Gasteiger partial charge on any atom is 0.422 e. The first-order valence-electron chi connectivity index (χ1n) is 11.9. The summed E-state index contributed by atoms with van der Waals surface area (Å²) < 4.78 is 97.5. The summed E-state index contributed by atoms with van der Waals surface area (Å²) in [6.45, 7) is 0.358. The fourth-order valence-corrected chi connectivity index (χ4v) is 4.06. The highest BCUT2D eigenvalue weighted by molar-refractivity contribution is 14.1. The van der Waals surface area contributed by atoms with Gasteiger partial charge in [-0.1, -0.05) is 24.0 Å². The van der Waals surface area contributed by atoms with Crippen LogP contribution in [0.4, 0.5) is 26.3 Å². The number of carbonyl (C=O) groups is 1. The van der Waals surface area contributed by atoms with Crippen molar-refractivity contribution in [1.82, 2.24) is 0 Å². The van der Waals surface area contributed by atoms with Crippen LogP contribution in [-0.2, 0) is 25.4 Å². The molecule has 1 aromatic carbocycles. The number of hydrogen-bond acceptors (Lipinski definition) is 5. The largest absolute Gasteiger partial charge is 0.488 e. The summed E-state index contributed by atoms with van der Waals surface area (Å²) in [7, 11) is 0. The minimum absolute atomic E-state index is 0.0542. The minimum Gasteiger partial charge on any atom is -0.488 e. The monoisotopic (exact) mass is 688 g/mol. The third-order valence-corrected chi connectivity index (χ3v) is 6.00. The van der Waals surface area contributed by atoms with E-state index in [9.17, 15) is 36.2 Å². The van der Waals surface area contributed by atoms with E-state index in [1.54, 1.807) is 38.1 Å². The van der Waals surface area contributed by atoms with Crippen LogP contribution < -0.4 is 4.74 Å². The normalized spacial score (nSPS) is 18.4. The van der Waals surface area contributed by atoms with E-state index in [1.807, 2.05) is 22.6 Å². The van der Waals surface area contributed by atoms with E-state index in [1.165, 1.54) is 18.2 Å². The van der Waals surface area contributed by atoms with E-state index in [4.69, 9.17) is 18.9 Å². The number of alkyl halides is 6. The number of allylic oxidation sites excluding steroid dienone is 3. The summed E-state index contributed by atoms with van der Waals surface area (Å²) in [6, 6.07) is 5.16. The fraction of sp³-hybridized carbons (Fsp3) is 0.444. The van der Waals surface area contributed by atoms with Gasteiger partial charge >= 0.3 is 18.3 Å². The van der Waals surface area contributed by atoms with Crippen molar-refractivity contribution in [3.8, 4) is 17.6 Å². The Labute approximate surface area is 241 Å². The van der Waals surface area contributed by atoms with Gasteiger partial charge in [0.2, 0.25) is 0 Å². The van der Waals surface area contributed by atoms with Crippen LogP contribution in [0, 0.1) is 15.4 Å². The zero-order valence-corrected chi connectivity index (χ0v) is 23.7. The summed E-state index contributed by atoms with van der Waals surface area (Å²) in [5, 5.41) is 9.25. The Balaban J connectivity index is 2.09. The van der Waals surface area contributed by atoms with Gasteiger partial charge in [-0.15, -0.1) is 0 Å². The van der Waals surface area contributed by atoms with Gasteiger partial charge in [-0.25, -0.2) is 4.79 Å². The first kappa shape index (κ1) is 33.5. The van der Waals surface area contributed by atoms with Crippen LogP contribution in [0.2, 0.25) is 0 Å². The highest BCUT2D eigenvalue weighted by atomic mass is 127. The number of carboxylic acid groups (broad SMARTS) is 1. The second-order valence-corrected chi connectivity index (χ2v) is 9.73. The minimum atomic E-state index is -4.68. The highest BCUT2D eigenvalue weighted by Crippen LogP contribution is 2.31. The van der Waals surface area contributed by atoms with Crippen molar-refractivity contribution in [3.63, 3.8) is 0 Å². The topological polar surface area (TPSA) is 74.2 Å². The van der Waals surface area contributed by atoms with Crippen LogP contribution in [-0.4, -0.2) is 61.6 Å². The van der Waals surface area contributed by atoms with Gasteiger partial charge in [0.1, 0.15) is 24.7 Å². The van der Waals surface area contributed by atoms with E-state index >= 15 is 0 Å². The van der Waals surface area contributed by atoms with Crippen molar-refractivity contribution in [2.75, 3.05) is 26.4 Å². The van der Waals surface area contributed by atoms with Crippen LogP contribution in [0.1, 0.15) is 25.8 Å². The molecule has 6 nitrogen and oxygen atoms in total. The Hall–Kier alpha value is -2.70. The van der Waals surface area contributed by atoms with Crippen molar-refractivity contribution in [2.24, 2.45) is 0 Å². The molecule has 1 N–H and O–H groups in total. The lowest BCUT2D eigenvalue weighted by Gasteiger charge is -2.29. The average molecular weight is 688 g/mol. The second kappa shape index (κ2) is 14.8. The molecule has 0 saturated carbocycles. The smallest absolute Gasteiger partial charge is 0.422 e. The maximum atomic E-state index is 12.8. The molecule has 40 heavy (non-hydrogen) atoms. The molecule has 0 bridgehead atoms. The highest BCUT2D eigenvalue weighted by Gasteiger charge is 2.38. The summed E-state index contributed by atoms with van der Waals surface area (Å²) in [5.74, 6) is 4.52. The van der Waals surface area contributed by atoms with E-state index < -0.39 is 49.7 Å². The van der Waals surface area contributed by atoms with Gasteiger partial charge < -0.3 is 24.1 Å². The maximum absolute atomic E-state index is 12.8. The van der Waals surface area contributed by atoms with Gasteiger partial charge in [0.05, 0.1) is 3.57 Å². The predicted molar refractivity (Wildman–Crippen MR) is 142 cm³/mol. The van der Waals surface area contributed by atoms with E-state index in [2.05, 4.69) is 11.8 Å². The standard InChI is InChI=1S/C27H27F6IO6/c1-3-37-23(24(35)36)14-19-6-7-22(21(34)13-19)38-12-9-18(2)8-11-25(40-17-27(31,32)33)10-4-5-20(15-25)39-16-26(28,29)30/h4-7,9-10,13,23H,3,12,14-17H2,1-2H3,(H,35,36)/t23-,25?/m0/s1. The van der Waals surface area contributed by atoms with Crippen LogP contribution >= 0.6 is 22.6 Å². The molecule has 0 saturated heterocycles. The number of hydrogen-bond donors (Lipinski definition) is 1. The molecule has 1 aromatic rings. The molecule has 0 spiro atoms. The Morgan fingerprint density at radius 2 is 1.88 bits per heavy atom. The van der Waals surface area contributed by atoms with Gasteiger partial charge in [-0.2, -0.15) is 26.3 Å². The first-order chi connectivity index (χ1) is 18.6. The molecule has 13 heteroatoms. The lowest BCUT2D eigenvalue weighted by atomic mass is 9.93. The number of ether oxygens (including phenoxy) is 4. The van der Waals surface area contributed by atoms with Crippen molar-refractivity contribution < 1.29 is 55.2 Å². The van der Waals surface area contributed by atoms with E-state index in [-0.39, 0.29) is 25.4 Å². The zero-order valence-electron chi connectivity index (χ0n) is 21.5. The molecule has 0 heterocycles. The lowest BCUT2D eigenvalue weighted by molar-refractivity contribution is -0.191. The van der Waals surface area contributed by atoms with Crippen LogP contribution in [0.5, 0.6) is 5.75 Å². The third-order valence-electron chi connectivity index (χ3n) is 5.16. The molecule has 1 aliphatic carbocycles. The van der Waals surface area contributed by atoms with Gasteiger partial charge in [-0.3, -0.25) is 0 Å². The van der Waals surface area contributed by atoms with Gasteiger partial charge in [0, 0.05) is 19.4 Å². The molecule has 0 aromatic heterocycles. The van der Waals surface area contributed by atoms with Crippen molar-refractivity contribution in [3.05, 3.63) is 63.0 Å². The number of benzene rings is 1. The van der Waals surface area contributed by atoms with Crippen molar-refractivity contribution in [1.29, 1.82) is 0 Å². The van der Waals surface area contributed by atoms with E-state index in [0.717, 1.165) is 9.13 Å². The summed E-state index contributed by atoms with van der Waals surface area (Å²) >= 11 is 2.04. The number of rotatable bonds is 12. The molecule has 0 amide bonds. The Kier molecular flexibility index (Phi) is 12.4. The summed E-state index contributed by atoms with van der Waals surface area (Å²) in [4.78, 5) is 11.3. The van der Waals surface area contributed by atoms with Crippen LogP contribution in [0.3, 0.4) is 0 Å². The predicted octanol–water partition coefficient (Wildman–Crippen LogP) is 6.39. The lowest BCUT2D eigenvalue weighted by Crippen LogP contribution is -2.35. The average Bonchev–Trinajstić information content (AvgIpc) is 2.85. The molecule has 0 fully saturated rings. The summed E-state index contributed by atoms with van der Waals surface area (Å²) in [5.41, 5.74) is -0.683. The molecule has 220 valence electrons. The SMILES string of the molecule is CCO[C@@H](Cc1ccc(OCC=C(C)C#CC2(OCC(F)(F)F)C=CC=C(OCC(F)(F)F)C2)c(I)c1)C(=O)O. The number of halogens is 7. The number of aliphatic carboxylic acids is 1. The van der Waals surface area contributed by atoms with Gasteiger partial charge in [-0.05, 0) is 77.9 Å². The second-order valence-electron chi connectivity index (χ2n) is 8.57. The van der Waals surface area contributed by atoms with Crippen molar-refractivity contribution >= 4 is 28.6 Å². The zero-order chi connectivity index (χ0) is 30.0. The fourth-order valence-electron chi connectivity index (χ4n) is 3.33. The van der Waals surface area contributed by atoms with E-state index in [0.29, 0.717) is 11.3 Å². The van der Waals surface area contributed by atoms with Crippen LogP contribution in [0.15, 0.2) is 53.8 Å². The molecule has 1 unspecified atom stereocenters. The summed E-state index contributed by atoms with van der Waals surface area (Å²) in [6.07, 6.45) is -5.27. The molecular weight excluding hydrogens is 661 g/mol. The quantitative estimate of drug-likeness (QED) is 0.156. The first-order valence-corrected chi connectivity index (χ1v) is 12.9. The molecule has 0 radical (unpaired) electrons. The molecule has 0 aliphatic heterocycles. The molecule has 2 atom stereocenters.